The molecule has 0 rings (SSSR count). The van der Waals surface area contributed by atoms with E-state index >= 15 is 0 Å². The molecule has 0 aliphatic heterocycles. The zero-order chi connectivity index (χ0) is 24.2. The van der Waals surface area contributed by atoms with Crippen molar-refractivity contribution in [2.75, 3.05) is 13.2 Å². The van der Waals surface area contributed by atoms with Crippen LogP contribution >= 0.6 is 0 Å². The van der Waals surface area contributed by atoms with Gasteiger partial charge in [-0.15, -0.1) is 0 Å². The monoisotopic (exact) mass is 466 g/mol. The van der Waals surface area contributed by atoms with Crippen LogP contribution in [-0.2, 0) is 9.53 Å². The first kappa shape index (κ1) is 32.2. The fourth-order valence-electron chi connectivity index (χ4n) is 4.50. The average Bonchev–Trinajstić information content (AvgIpc) is 2.81. The lowest BCUT2D eigenvalue weighted by Crippen LogP contribution is -2.04. The molecule has 0 spiro atoms. The first-order valence-electron chi connectivity index (χ1n) is 14.7. The Kier molecular flexibility index (Phi) is 26.7. The zero-order valence-electron chi connectivity index (χ0n) is 22.5. The fourth-order valence-corrected chi connectivity index (χ4v) is 4.50. The van der Waals surface area contributed by atoms with E-state index in [0.29, 0.717) is 19.6 Å². The highest BCUT2D eigenvalue weighted by molar-refractivity contribution is 5.69. The van der Waals surface area contributed by atoms with Gasteiger partial charge in [0.05, 0.1) is 0 Å². The summed E-state index contributed by atoms with van der Waals surface area (Å²) < 4.78 is 5.26. The molecule has 0 fully saturated rings. The molecule has 0 aromatic carbocycles. The molecule has 0 bridgehead atoms. The Hall–Kier alpha value is -0.830. The molecule has 1 atom stereocenters. The third-order valence-corrected chi connectivity index (χ3v) is 6.73. The fraction of sp³-hybridized carbons (Fsp3) is 0.900. The number of hydrogen-bond donors (Lipinski definition) is 1. The van der Waals surface area contributed by atoms with E-state index in [9.17, 15) is 9.90 Å². The summed E-state index contributed by atoms with van der Waals surface area (Å²) in [5.41, 5.74) is 0. The van der Waals surface area contributed by atoms with Gasteiger partial charge >= 0.3 is 5.97 Å². The molecule has 196 valence electrons. The van der Waals surface area contributed by atoms with Gasteiger partial charge in [0.1, 0.15) is 6.61 Å². The normalized spacial score (nSPS) is 12.5. The first-order chi connectivity index (χ1) is 16.2. The van der Waals surface area contributed by atoms with Gasteiger partial charge in [-0.05, 0) is 31.6 Å². The molecule has 1 unspecified atom stereocenters. The van der Waals surface area contributed by atoms with Crippen molar-refractivity contribution < 1.29 is 14.6 Å². The van der Waals surface area contributed by atoms with Gasteiger partial charge < -0.3 is 9.84 Å². The Labute approximate surface area is 207 Å². The van der Waals surface area contributed by atoms with Crippen LogP contribution in [0.2, 0.25) is 0 Å². The van der Waals surface area contributed by atoms with Crippen molar-refractivity contribution in [3.05, 3.63) is 12.2 Å². The third-order valence-electron chi connectivity index (χ3n) is 6.73. The van der Waals surface area contributed by atoms with Crippen LogP contribution in [0, 0.1) is 5.92 Å². The minimum Gasteiger partial charge on any atom is -0.461 e. The van der Waals surface area contributed by atoms with Crippen molar-refractivity contribution in [2.45, 2.75) is 155 Å². The summed E-state index contributed by atoms with van der Waals surface area (Å²) in [7, 11) is 0. The summed E-state index contributed by atoms with van der Waals surface area (Å²) >= 11 is 0. The van der Waals surface area contributed by atoms with Gasteiger partial charge in [0.25, 0.3) is 0 Å². The molecule has 0 saturated heterocycles. The highest BCUT2D eigenvalue weighted by Gasteiger charge is 2.08. The third kappa shape index (κ3) is 25.6. The second kappa shape index (κ2) is 27.4. The molecular weight excluding hydrogens is 408 g/mol. The lowest BCUT2D eigenvalue weighted by Gasteiger charge is -2.15. The largest absolute Gasteiger partial charge is 0.461 e. The number of hydrogen-bond acceptors (Lipinski definition) is 3. The molecule has 0 aliphatic carbocycles. The number of esters is 1. The smallest absolute Gasteiger partial charge is 0.306 e. The van der Waals surface area contributed by atoms with Gasteiger partial charge in [0.15, 0.2) is 0 Å². The van der Waals surface area contributed by atoms with Crippen molar-refractivity contribution in [1.82, 2.24) is 0 Å². The Bertz CT molecular complexity index is 419. The second-order valence-corrected chi connectivity index (χ2v) is 9.95. The van der Waals surface area contributed by atoms with Gasteiger partial charge in [0.2, 0.25) is 0 Å². The molecule has 0 aromatic heterocycles. The molecule has 0 aromatic rings. The van der Waals surface area contributed by atoms with E-state index in [2.05, 4.69) is 19.9 Å². The van der Waals surface area contributed by atoms with Crippen LogP contribution < -0.4 is 0 Å². The van der Waals surface area contributed by atoms with Crippen molar-refractivity contribution in [2.24, 2.45) is 5.92 Å². The SMILES string of the molecule is CCCCCC=CCOC(=O)CCCCCCCCCC(CCO)CCCCCCCCC. The van der Waals surface area contributed by atoms with Crippen molar-refractivity contribution in [1.29, 1.82) is 0 Å². The van der Waals surface area contributed by atoms with Gasteiger partial charge in [-0.2, -0.15) is 0 Å². The van der Waals surface area contributed by atoms with Crippen LogP contribution in [0.1, 0.15) is 155 Å². The number of carbonyl (C=O) groups is 1. The van der Waals surface area contributed by atoms with Crippen molar-refractivity contribution in [3.8, 4) is 0 Å². The molecule has 0 heterocycles. The summed E-state index contributed by atoms with van der Waals surface area (Å²) in [5.74, 6) is 0.673. The number of allylic oxidation sites excluding steroid dienone is 1. The van der Waals surface area contributed by atoms with Crippen LogP contribution in [0.15, 0.2) is 12.2 Å². The minimum absolute atomic E-state index is 0.0518. The summed E-state index contributed by atoms with van der Waals surface area (Å²) in [4.78, 5) is 11.7. The lowest BCUT2D eigenvalue weighted by molar-refractivity contribution is -0.142. The number of ether oxygens (including phenoxy) is 1. The van der Waals surface area contributed by atoms with E-state index in [1.54, 1.807) is 0 Å². The standard InChI is InChI=1S/C30H58O3/c1-3-5-7-9-12-15-19-23-29(26-27-31)24-20-16-13-11-14-17-21-25-30(32)33-28-22-18-10-8-6-4-2/h18,22,29,31H,3-17,19-21,23-28H2,1-2H3. The van der Waals surface area contributed by atoms with E-state index in [1.807, 2.05) is 6.08 Å². The Morgan fingerprint density at radius 2 is 1.18 bits per heavy atom. The summed E-state index contributed by atoms with van der Waals surface area (Å²) in [6.45, 7) is 5.26. The summed E-state index contributed by atoms with van der Waals surface area (Å²) in [5, 5.41) is 9.36. The van der Waals surface area contributed by atoms with E-state index in [4.69, 9.17) is 4.74 Å². The van der Waals surface area contributed by atoms with Crippen LogP contribution in [0.3, 0.4) is 0 Å². The maximum absolute atomic E-state index is 11.7. The van der Waals surface area contributed by atoms with E-state index in [1.165, 1.54) is 109 Å². The maximum atomic E-state index is 11.7. The van der Waals surface area contributed by atoms with Crippen LogP contribution in [-0.4, -0.2) is 24.3 Å². The van der Waals surface area contributed by atoms with Gasteiger partial charge in [0, 0.05) is 13.0 Å². The Morgan fingerprint density at radius 1 is 0.667 bits per heavy atom. The quantitative estimate of drug-likeness (QED) is 0.0784. The van der Waals surface area contributed by atoms with Gasteiger partial charge in [-0.3, -0.25) is 4.79 Å². The molecule has 0 radical (unpaired) electrons. The minimum atomic E-state index is -0.0518. The highest BCUT2D eigenvalue weighted by Crippen LogP contribution is 2.22. The molecule has 0 aliphatic rings. The predicted octanol–water partition coefficient (Wildman–Crippen LogP) is 9.32. The predicted molar refractivity (Wildman–Crippen MR) is 144 cm³/mol. The first-order valence-corrected chi connectivity index (χ1v) is 14.7. The van der Waals surface area contributed by atoms with Crippen LogP contribution in [0.4, 0.5) is 0 Å². The van der Waals surface area contributed by atoms with E-state index in [0.717, 1.165) is 31.6 Å². The highest BCUT2D eigenvalue weighted by atomic mass is 16.5. The molecule has 33 heavy (non-hydrogen) atoms. The Morgan fingerprint density at radius 3 is 1.76 bits per heavy atom. The molecule has 0 saturated carbocycles. The Balaban J connectivity index is 3.49. The number of rotatable bonds is 26. The van der Waals surface area contributed by atoms with Crippen molar-refractivity contribution in [3.63, 3.8) is 0 Å². The van der Waals surface area contributed by atoms with E-state index < -0.39 is 0 Å². The molecule has 3 nitrogen and oxygen atoms in total. The molecule has 0 amide bonds. The van der Waals surface area contributed by atoms with Gasteiger partial charge in [-0.1, -0.05) is 135 Å². The topological polar surface area (TPSA) is 46.5 Å². The number of aliphatic hydroxyl groups is 1. The summed E-state index contributed by atoms with van der Waals surface area (Å²) in [6.07, 6.45) is 31.2. The number of unbranched alkanes of at least 4 members (excludes halogenated alkanes) is 15. The van der Waals surface area contributed by atoms with Crippen LogP contribution in [0.5, 0.6) is 0 Å². The molecule has 1 N–H and O–H groups in total. The summed E-state index contributed by atoms with van der Waals surface area (Å²) in [6, 6.07) is 0. The molecule has 3 heteroatoms. The average molecular weight is 467 g/mol. The zero-order valence-corrected chi connectivity index (χ0v) is 22.5. The number of carbonyl (C=O) groups excluding carboxylic acids is 1. The second-order valence-electron chi connectivity index (χ2n) is 9.95. The molecular formula is C30H58O3. The number of aliphatic hydroxyl groups excluding tert-OH is 1. The van der Waals surface area contributed by atoms with Crippen molar-refractivity contribution >= 4 is 5.97 Å². The lowest BCUT2D eigenvalue weighted by atomic mass is 9.91. The van der Waals surface area contributed by atoms with E-state index in [-0.39, 0.29) is 5.97 Å². The van der Waals surface area contributed by atoms with Gasteiger partial charge in [-0.25, -0.2) is 0 Å². The van der Waals surface area contributed by atoms with Crippen LogP contribution in [0.25, 0.3) is 0 Å². The maximum Gasteiger partial charge on any atom is 0.306 e.